The maximum atomic E-state index is 11.8. The van der Waals surface area contributed by atoms with Crippen molar-refractivity contribution in [3.63, 3.8) is 0 Å². The molecule has 5 nitrogen and oxygen atoms in total. The third kappa shape index (κ3) is 4.94. The van der Waals surface area contributed by atoms with Gasteiger partial charge >= 0.3 is 12.0 Å². The summed E-state index contributed by atoms with van der Waals surface area (Å²) in [5, 5.41) is 11.6. The molecule has 1 unspecified atom stereocenters. The van der Waals surface area contributed by atoms with E-state index < -0.39 is 12.0 Å². The zero-order chi connectivity index (χ0) is 14.5. The van der Waals surface area contributed by atoms with Gasteiger partial charge in [-0.05, 0) is 24.7 Å². The summed E-state index contributed by atoms with van der Waals surface area (Å²) in [5.74, 6) is 0.347. The third-order valence-electron chi connectivity index (χ3n) is 3.46. The lowest BCUT2D eigenvalue weighted by atomic mass is 9.85. The second kappa shape index (κ2) is 7.24. The molecule has 0 fully saturated rings. The molecule has 1 atom stereocenters. The molecule has 0 aliphatic heterocycles. The van der Waals surface area contributed by atoms with Gasteiger partial charge in [0, 0.05) is 13.6 Å². The Balaban J connectivity index is 4.36. The normalized spacial score (nSPS) is 12.9. The number of amides is 2. The Bertz CT molecular complexity index is 282. The molecule has 0 spiro atoms. The van der Waals surface area contributed by atoms with Crippen LogP contribution in [0.5, 0.6) is 0 Å². The van der Waals surface area contributed by atoms with Crippen LogP contribution in [0.15, 0.2) is 0 Å². The minimum absolute atomic E-state index is 0.337. The van der Waals surface area contributed by atoms with Crippen LogP contribution in [-0.4, -0.2) is 41.6 Å². The minimum Gasteiger partial charge on any atom is -0.480 e. The Kier molecular flexibility index (Phi) is 6.73. The number of hydrogen-bond donors (Lipinski definition) is 2. The van der Waals surface area contributed by atoms with Gasteiger partial charge in [0.2, 0.25) is 0 Å². The molecule has 0 radical (unpaired) electrons. The number of nitrogens with one attached hydrogen (secondary N) is 1. The first-order chi connectivity index (χ1) is 8.18. The second-order valence-electron chi connectivity index (χ2n) is 5.46. The highest BCUT2D eigenvalue weighted by Crippen LogP contribution is 2.19. The molecule has 0 aliphatic carbocycles. The van der Waals surface area contributed by atoms with Crippen LogP contribution in [0, 0.1) is 17.8 Å². The van der Waals surface area contributed by atoms with Crippen molar-refractivity contribution in [3.05, 3.63) is 0 Å². The minimum atomic E-state index is -1.00. The Labute approximate surface area is 110 Å². The standard InChI is InChI=1S/C13H26N2O3/c1-8(2)11(9(3)4)7-14-13(18)15(6)10(5)12(16)17/h8-11H,7H2,1-6H3,(H,14,18)(H,16,17). The van der Waals surface area contributed by atoms with Gasteiger partial charge in [0.05, 0.1) is 0 Å². The number of nitrogens with zero attached hydrogens (tertiary/aromatic N) is 1. The van der Waals surface area contributed by atoms with Crippen molar-refractivity contribution in [1.82, 2.24) is 10.2 Å². The van der Waals surface area contributed by atoms with E-state index in [9.17, 15) is 9.59 Å². The molecule has 2 amide bonds. The first-order valence-corrected chi connectivity index (χ1v) is 6.41. The molecule has 0 rings (SSSR count). The van der Waals surface area contributed by atoms with Crippen LogP contribution in [0.4, 0.5) is 4.79 Å². The van der Waals surface area contributed by atoms with E-state index in [-0.39, 0.29) is 6.03 Å². The number of likely N-dealkylation sites (N-methyl/N-ethyl adjacent to an activating group) is 1. The number of carboxylic acid groups (broad SMARTS) is 1. The van der Waals surface area contributed by atoms with Gasteiger partial charge in [-0.2, -0.15) is 0 Å². The molecule has 0 heterocycles. The average Bonchev–Trinajstić information content (AvgIpc) is 2.25. The Morgan fingerprint density at radius 3 is 1.89 bits per heavy atom. The zero-order valence-corrected chi connectivity index (χ0v) is 12.2. The summed E-state index contributed by atoms with van der Waals surface area (Å²) in [6.45, 7) is 10.6. The Hall–Kier alpha value is -1.26. The van der Waals surface area contributed by atoms with Gasteiger partial charge in [-0.3, -0.25) is 0 Å². The summed E-state index contributed by atoms with van der Waals surface area (Å²) in [6, 6.07) is -1.15. The average molecular weight is 258 g/mol. The molecule has 18 heavy (non-hydrogen) atoms. The van der Waals surface area contributed by atoms with Crippen LogP contribution in [0.2, 0.25) is 0 Å². The molecular weight excluding hydrogens is 232 g/mol. The molecule has 2 N–H and O–H groups in total. The van der Waals surface area contributed by atoms with Crippen molar-refractivity contribution >= 4 is 12.0 Å². The highest BCUT2D eigenvalue weighted by molar-refractivity contribution is 5.82. The van der Waals surface area contributed by atoms with Gasteiger partial charge in [-0.15, -0.1) is 0 Å². The first-order valence-electron chi connectivity index (χ1n) is 6.41. The third-order valence-corrected chi connectivity index (χ3v) is 3.46. The zero-order valence-electron chi connectivity index (χ0n) is 12.2. The van der Waals surface area contributed by atoms with E-state index in [1.165, 1.54) is 18.9 Å². The number of carbonyl (C=O) groups excluding carboxylic acids is 1. The fourth-order valence-electron chi connectivity index (χ4n) is 1.91. The molecule has 0 saturated heterocycles. The monoisotopic (exact) mass is 258 g/mol. The number of carbonyl (C=O) groups is 2. The van der Waals surface area contributed by atoms with Crippen LogP contribution >= 0.6 is 0 Å². The lowest BCUT2D eigenvalue weighted by Crippen LogP contribution is -2.47. The molecule has 106 valence electrons. The molecule has 0 aromatic carbocycles. The largest absolute Gasteiger partial charge is 0.480 e. The van der Waals surface area contributed by atoms with Crippen molar-refractivity contribution < 1.29 is 14.7 Å². The number of carboxylic acids is 1. The summed E-state index contributed by atoms with van der Waals surface area (Å²) in [4.78, 5) is 23.8. The van der Waals surface area contributed by atoms with E-state index in [4.69, 9.17) is 5.11 Å². The van der Waals surface area contributed by atoms with Crippen LogP contribution in [0.25, 0.3) is 0 Å². The van der Waals surface area contributed by atoms with E-state index in [0.717, 1.165) is 0 Å². The van der Waals surface area contributed by atoms with E-state index in [0.29, 0.717) is 24.3 Å². The SMILES string of the molecule is CC(C)C(CNC(=O)N(C)C(C)C(=O)O)C(C)C. The van der Waals surface area contributed by atoms with Gasteiger partial charge in [-0.25, -0.2) is 9.59 Å². The summed E-state index contributed by atoms with van der Waals surface area (Å²) in [7, 11) is 1.49. The maximum absolute atomic E-state index is 11.8. The molecule has 0 bridgehead atoms. The maximum Gasteiger partial charge on any atom is 0.326 e. The lowest BCUT2D eigenvalue weighted by molar-refractivity contribution is -0.141. The van der Waals surface area contributed by atoms with Crippen LogP contribution in [0.1, 0.15) is 34.6 Å². The summed E-state index contributed by atoms with van der Waals surface area (Å²) in [5.41, 5.74) is 0. The summed E-state index contributed by atoms with van der Waals surface area (Å²) >= 11 is 0. The van der Waals surface area contributed by atoms with Crippen molar-refractivity contribution in [2.24, 2.45) is 17.8 Å². The van der Waals surface area contributed by atoms with Gasteiger partial charge < -0.3 is 15.3 Å². The number of rotatable bonds is 6. The van der Waals surface area contributed by atoms with E-state index in [1.54, 1.807) is 0 Å². The van der Waals surface area contributed by atoms with Crippen molar-refractivity contribution in [2.75, 3.05) is 13.6 Å². The fourth-order valence-corrected chi connectivity index (χ4v) is 1.91. The number of hydrogen-bond acceptors (Lipinski definition) is 2. The van der Waals surface area contributed by atoms with Gasteiger partial charge in [0.1, 0.15) is 6.04 Å². The van der Waals surface area contributed by atoms with Crippen LogP contribution < -0.4 is 5.32 Å². The van der Waals surface area contributed by atoms with Crippen molar-refractivity contribution in [2.45, 2.75) is 40.7 Å². The Morgan fingerprint density at radius 2 is 1.56 bits per heavy atom. The highest BCUT2D eigenvalue weighted by Gasteiger charge is 2.23. The molecular formula is C13H26N2O3. The second-order valence-corrected chi connectivity index (χ2v) is 5.46. The molecule has 0 aliphatic rings. The molecule has 0 saturated carbocycles. The quantitative estimate of drug-likeness (QED) is 0.766. The van der Waals surface area contributed by atoms with Gasteiger partial charge in [0.15, 0.2) is 0 Å². The molecule has 0 aromatic heterocycles. The van der Waals surface area contributed by atoms with Crippen molar-refractivity contribution in [1.29, 1.82) is 0 Å². The topological polar surface area (TPSA) is 69.6 Å². The van der Waals surface area contributed by atoms with Gasteiger partial charge in [0.25, 0.3) is 0 Å². The predicted molar refractivity (Wildman–Crippen MR) is 71.4 cm³/mol. The molecule has 5 heteroatoms. The van der Waals surface area contributed by atoms with E-state index >= 15 is 0 Å². The first kappa shape index (κ1) is 16.7. The lowest BCUT2D eigenvalue weighted by Gasteiger charge is -2.27. The number of urea groups is 1. The van der Waals surface area contributed by atoms with E-state index in [2.05, 4.69) is 33.0 Å². The Morgan fingerprint density at radius 1 is 1.11 bits per heavy atom. The highest BCUT2D eigenvalue weighted by atomic mass is 16.4. The number of aliphatic carboxylic acids is 1. The smallest absolute Gasteiger partial charge is 0.326 e. The fraction of sp³-hybridized carbons (Fsp3) is 0.846. The molecule has 0 aromatic rings. The summed E-state index contributed by atoms with van der Waals surface area (Å²) < 4.78 is 0. The van der Waals surface area contributed by atoms with Crippen LogP contribution in [-0.2, 0) is 4.79 Å². The van der Waals surface area contributed by atoms with E-state index in [1.807, 2.05) is 0 Å². The summed E-state index contributed by atoms with van der Waals surface area (Å²) in [6.07, 6.45) is 0. The van der Waals surface area contributed by atoms with Gasteiger partial charge in [-0.1, -0.05) is 27.7 Å². The predicted octanol–water partition coefficient (Wildman–Crippen LogP) is 2.03. The van der Waals surface area contributed by atoms with Crippen LogP contribution in [0.3, 0.4) is 0 Å². The van der Waals surface area contributed by atoms with Crippen molar-refractivity contribution in [3.8, 4) is 0 Å².